The highest BCUT2D eigenvalue weighted by molar-refractivity contribution is 7.99. The van der Waals surface area contributed by atoms with Crippen molar-refractivity contribution < 1.29 is 27.4 Å². The Labute approximate surface area is 166 Å². The highest BCUT2D eigenvalue weighted by atomic mass is 35.5. The molecule has 0 amide bonds. The molecule has 0 bridgehead atoms. The first-order chi connectivity index (χ1) is 12.1. The Hall–Kier alpha value is -1.86. The van der Waals surface area contributed by atoms with Gasteiger partial charge in [0.2, 0.25) is 0 Å². The number of hydrogen-bond acceptors (Lipinski definition) is 5. The van der Waals surface area contributed by atoms with Gasteiger partial charge in [0, 0.05) is 17.0 Å². The molecule has 5 nitrogen and oxygen atoms in total. The second-order valence-electron chi connectivity index (χ2n) is 5.51. The van der Waals surface area contributed by atoms with Gasteiger partial charge in [-0.1, -0.05) is 53.7 Å². The molecular formula is C18H17Cl2N3O2S. The standard InChI is InChI=1S/C18H16ClN3O2S.ClH/c19-14-8-6-13(7-9-14)16(23)11-25-18-22-21-17(24-18)15(20)10-12-4-2-1-3-5-12;/h1-9,15H,10-11,20H2;1H/t15-;/m0./s1. The number of halogens is 2. The number of hydrogen-bond donors (Lipinski definition) is 1. The third-order valence-corrected chi connectivity index (χ3v) is 4.66. The summed E-state index contributed by atoms with van der Waals surface area (Å²) < 4.78 is 5.63. The van der Waals surface area contributed by atoms with Gasteiger partial charge in [0.15, 0.2) is 11.8 Å². The minimum Gasteiger partial charge on any atom is -1.00 e. The summed E-state index contributed by atoms with van der Waals surface area (Å²) in [5, 5.41) is 9.01. The summed E-state index contributed by atoms with van der Waals surface area (Å²) >= 11 is 7.05. The minimum atomic E-state index is -0.129. The van der Waals surface area contributed by atoms with Gasteiger partial charge in [-0.15, -0.1) is 10.2 Å². The maximum Gasteiger partial charge on any atom is 0.277 e. The van der Waals surface area contributed by atoms with Crippen LogP contribution in [0, 0.1) is 0 Å². The molecule has 0 radical (unpaired) electrons. The van der Waals surface area contributed by atoms with Crippen molar-refractivity contribution in [2.24, 2.45) is 0 Å². The third-order valence-electron chi connectivity index (χ3n) is 3.59. The fourth-order valence-corrected chi connectivity index (χ4v) is 3.07. The maximum absolute atomic E-state index is 12.1. The Morgan fingerprint density at radius 3 is 2.50 bits per heavy atom. The van der Waals surface area contributed by atoms with Gasteiger partial charge in [-0.05, 0) is 29.8 Å². The number of aromatic nitrogens is 2. The highest BCUT2D eigenvalue weighted by Gasteiger charge is 2.19. The van der Waals surface area contributed by atoms with Crippen LogP contribution in [0.5, 0.6) is 0 Å². The van der Waals surface area contributed by atoms with Crippen LogP contribution < -0.4 is 18.1 Å². The number of nitrogens with zero attached hydrogens (tertiary/aromatic N) is 2. The largest absolute Gasteiger partial charge is 1.00 e. The number of Topliss-reactive ketones (excluding diaryl/α,β-unsaturated/α-hetero) is 1. The number of ketones is 1. The molecule has 0 unspecified atom stereocenters. The molecule has 1 atom stereocenters. The van der Waals surface area contributed by atoms with Crippen LogP contribution in [0.4, 0.5) is 0 Å². The number of benzene rings is 2. The van der Waals surface area contributed by atoms with E-state index in [0.29, 0.717) is 21.7 Å². The van der Waals surface area contributed by atoms with E-state index in [1.54, 1.807) is 24.3 Å². The van der Waals surface area contributed by atoms with E-state index in [0.717, 1.165) is 12.0 Å². The molecule has 0 aliphatic heterocycles. The predicted molar refractivity (Wildman–Crippen MR) is 96.6 cm³/mol. The summed E-state index contributed by atoms with van der Waals surface area (Å²) in [6.07, 6.45) is 0.719. The van der Waals surface area contributed by atoms with Gasteiger partial charge in [-0.2, -0.15) is 0 Å². The molecule has 8 heteroatoms. The second kappa shape index (κ2) is 9.73. The first kappa shape index (κ1) is 20.5. The average molecular weight is 410 g/mol. The van der Waals surface area contributed by atoms with Gasteiger partial charge >= 0.3 is 0 Å². The lowest BCUT2D eigenvalue weighted by molar-refractivity contribution is -0.431. The van der Waals surface area contributed by atoms with Gasteiger partial charge < -0.3 is 22.6 Å². The molecule has 0 saturated carbocycles. The van der Waals surface area contributed by atoms with Crippen molar-refractivity contribution in [1.29, 1.82) is 0 Å². The zero-order chi connectivity index (χ0) is 17.6. The maximum atomic E-state index is 12.1. The first-order valence-corrected chi connectivity index (χ1v) is 9.10. The molecule has 1 aromatic heterocycles. The van der Waals surface area contributed by atoms with Gasteiger partial charge in [0.05, 0.1) is 5.75 Å². The quantitative estimate of drug-likeness (QED) is 0.445. The van der Waals surface area contributed by atoms with Crippen LogP contribution in [-0.2, 0) is 6.42 Å². The number of rotatable bonds is 7. The zero-order valence-electron chi connectivity index (χ0n) is 13.8. The van der Waals surface area contributed by atoms with Gasteiger partial charge in [-0.3, -0.25) is 4.79 Å². The number of carbonyl (C=O) groups excluding carboxylic acids is 1. The van der Waals surface area contributed by atoms with Gasteiger partial charge in [-0.25, -0.2) is 0 Å². The number of carbonyl (C=O) groups is 1. The van der Waals surface area contributed by atoms with Crippen molar-refractivity contribution in [3.63, 3.8) is 0 Å². The van der Waals surface area contributed by atoms with Crippen LogP contribution in [0.3, 0.4) is 0 Å². The number of thioether (sulfide) groups is 1. The summed E-state index contributed by atoms with van der Waals surface area (Å²) in [5.74, 6) is 0.686. The van der Waals surface area contributed by atoms with E-state index in [1.807, 2.05) is 30.3 Å². The van der Waals surface area contributed by atoms with Crippen LogP contribution in [-0.4, -0.2) is 21.7 Å². The van der Waals surface area contributed by atoms with E-state index in [9.17, 15) is 4.79 Å². The molecule has 3 N–H and O–H groups in total. The summed E-state index contributed by atoms with van der Waals surface area (Å²) in [4.78, 5) is 12.1. The summed E-state index contributed by atoms with van der Waals surface area (Å²) in [5.41, 5.74) is 5.85. The van der Waals surface area contributed by atoms with E-state index < -0.39 is 0 Å². The van der Waals surface area contributed by atoms with Crippen LogP contribution in [0.15, 0.2) is 64.2 Å². The van der Waals surface area contributed by atoms with E-state index >= 15 is 0 Å². The van der Waals surface area contributed by atoms with Crippen LogP contribution in [0.2, 0.25) is 5.02 Å². The van der Waals surface area contributed by atoms with Crippen molar-refractivity contribution >= 4 is 29.1 Å². The lowest BCUT2D eigenvalue weighted by Gasteiger charge is -2.03. The molecule has 3 aromatic rings. The smallest absolute Gasteiger partial charge is 0.277 e. The molecule has 0 aliphatic carbocycles. The zero-order valence-corrected chi connectivity index (χ0v) is 16.1. The van der Waals surface area contributed by atoms with E-state index in [2.05, 4.69) is 15.9 Å². The molecule has 1 heterocycles. The Bertz CT molecular complexity index is 841. The van der Waals surface area contributed by atoms with E-state index in [1.165, 1.54) is 11.8 Å². The third kappa shape index (κ3) is 5.57. The molecule has 3 rings (SSSR count). The van der Waals surface area contributed by atoms with Crippen molar-refractivity contribution in [3.8, 4) is 0 Å². The number of quaternary nitrogens is 1. The Morgan fingerprint density at radius 2 is 1.81 bits per heavy atom. The van der Waals surface area contributed by atoms with Gasteiger partial charge in [0.25, 0.3) is 11.1 Å². The second-order valence-corrected chi connectivity index (χ2v) is 6.87. The molecule has 0 saturated heterocycles. The van der Waals surface area contributed by atoms with Crippen molar-refractivity contribution in [2.75, 3.05) is 5.75 Å². The highest BCUT2D eigenvalue weighted by Crippen LogP contribution is 2.21. The van der Waals surface area contributed by atoms with E-state index in [4.69, 9.17) is 16.0 Å². The lowest BCUT2D eigenvalue weighted by Crippen LogP contribution is -3.00. The van der Waals surface area contributed by atoms with E-state index in [-0.39, 0.29) is 30.0 Å². The fraction of sp³-hybridized carbons (Fsp3) is 0.167. The molecule has 26 heavy (non-hydrogen) atoms. The first-order valence-electron chi connectivity index (χ1n) is 7.74. The Kier molecular flexibility index (Phi) is 7.66. The lowest BCUT2D eigenvalue weighted by atomic mass is 10.1. The monoisotopic (exact) mass is 409 g/mol. The topological polar surface area (TPSA) is 83.6 Å². The van der Waals surface area contributed by atoms with Crippen molar-refractivity contribution in [3.05, 3.63) is 76.6 Å². The molecule has 0 spiro atoms. The Balaban J connectivity index is 0.00000243. The summed E-state index contributed by atoms with van der Waals surface area (Å²) in [7, 11) is 0. The van der Waals surface area contributed by atoms with Gasteiger partial charge in [0.1, 0.15) is 0 Å². The predicted octanol–water partition coefficient (Wildman–Crippen LogP) is 0.228. The van der Waals surface area contributed by atoms with Crippen molar-refractivity contribution in [1.82, 2.24) is 10.2 Å². The minimum absolute atomic E-state index is 0. The molecule has 0 aliphatic rings. The summed E-state index contributed by atoms with van der Waals surface area (Å²) in [6, 6.07) is 16.7. The molecule has 2 aromatic carbocycles. The van der Waals surface area contributed by atoms with Crippen LogP contribution in [0.25, 0.3) is 0 Å². The summed E-state index contributed by atoms with van der Waals surface area (Å²) in [6.45, 7) is 0. The normalized spacial score (nSPS) is 11.6. The molecule has 0 fully saturated rings. The Morgan fingerprint density at radius 1 is 1.12 bits per heavy atom. The molecular weight excluding hydrogens is 393 g/mol. The van der Waals surface area contributed by atoms with Crippen LogP contribution >= 0.6 is 23.4 Å². The fourth-order valence-electron chi connectivity index (χ4n) is 2.28. The average Bonchev–Trinajstić information content (AvgIpc) is 3.10. The van der Waals surface area contributed by atoms with Crippen LogP contribution in [0.1, 0.15) is 27.9 Å². The SMILES string of the molecule is [Cl-].[NH3+][C@@H](Cc1ccccc1)c1nnc(SCC(=O)c2ccc(Cl)cc2)o1. The van der Waals surface area contributed by atoms with Crippen molar-refractivity contribution in [2.45, 2.75) is 17.7 Å². The molecule has 136 valence electrons.